The van der Waals surface area contributed by atoms with Crippen LogP contribution < -0.4 is 0 Å². The second-order valence-electron chi connectivity index (χ2n) is 9.30. The molecule has 1 fully saturated rings. The molecule has 146 valence electrons. The number of rotatable bonds is 5. The lowest BCUT2D eigenvalue weighted by atomic mass is 9.74. The number of aryl methyl sites for hydroxylation is 1. The summed E-state index contributed by atoms with van der Waals surface area (Å²) in [6, 6.07) is 20.2. The maximum Gasteiger partial charge on any atom is -0.00791 e. The Kier molecular flexibility index (Phi) is 5.85. The van der Waals surface area contributed by atoms with Crippen molar-refractivity contribution in [3.05, 3.63) is 82.9 Å². The summed E-state index contributed by atoms with van der Waals surface area (Å²) < 4.78 is 0. The third kappa shape index (κ3) is 4.17. The molecular formula is C28H34. The SMILES string of the molecule is Cc1ccc(C2=C(c3ccccc3)C(C3CCC(CC(C)C)CC3)=CC2)cc1. The van der Waals surface area contributed by atoms with Crippen molar-refractivity contribution >= 4 is 11.1 Å². The van der Waals surface area contributed by atoms with Crippen molar-refractivity contribution in [2.24, 2.45) is 17.8 Å². The standard InChI is InChI=1S/C28H34/c1-20(2)19-22-11-15-24(16-12-22)27-18-17-26(23-13-9-21(3)10-14-23)28(27)25-7-5-4-6-8-25/h4-10,13-14,18,20,22,24H,11-12,15-17,19H2,1-3H3. The van der Waals surface area contributed by atoms with Crippen LogP contribution in [0.5, 0.6) is 0 Å². The molecule has 0 N–H and O–H groups in total. The Morgan fingerprint density at radius 3 is 2.14 bits per heavy atom. The Labute approximate surface area is 171 Å². The van der Waals surface area contributed by atoms with Crippen molar-refractivity contribution < 1.29 is 0 Å². The molecule has 2 aromatic rings. The molecule has 0 radical (unpaired) electrons. The van der Waals surface area contributed by atoms with Gasteiger partial charge in [-0.3, -0.25) is 0 Å². The Balaban J connectivity index is 1.63. The van der Waals surface area contributed by atoms with Crippen LogP contribution in [0.15, 0.2) is 66.2 Å². The summed E-state index contributed by atoms with van der Waals surface area (Å²) >= 11 is 0. The molecule has 0 spiro atoms. The van der Waals surface area contributed by atoms with E-state index in [4.69, 9.17) is 0 Å². The van der Waals surface area contributed by atoms with E-state index in [-0.39, 0.29) is 0 Å². The molecule has 0 heteroatoms. The van der Waals surface area contributed by atoms with Gasteiger partial charge in [0.2, 0.25) is 0 Å². The highest BCUT2D eigenvalue weighted by atomic mass is 14.3. The van der Waals surface area contributed by atoms with Crippen LogP contribution in [-0.2, 0) is 0 Å². The molecule has 0 atom stereocenters. The molecular weight excluding hydrogens is 336 g/mol. The molecule has 2 aliphatic carbocycles. The van der Waals surface area contributed by atoms with Gasteiger partial charge in [0, 0.05) is 0 Å². The van der Waals surface area contributed by atoms with Crippen LogP contribution in [0.2, 0.25) is 0 Å². The molecule has 28 heavy (non-hydrogen) atoms. The Morgan fingerprint density at radius 2 is 1.50 bits per heavy atom. The van der Waals surface area contributed by atoms with E-state index in [0.29, 0.717) is 0 Å². The monoisotopic (exact) mass is 370 g/mol. The third-order valence-corrected chi connectivity index (χ3v) is 6.67. The maximum absolute atomic E-state index is 2.55. The predicted octanol–water partition coefficient (Wildman–Crippen LogP) is 8.09. The van der Waals surface area contributed by atoms with Crippen LogP contribution in [0, 0.1) is 24.7 Å². The van der Waals surface area contributed by atoms with E-state index >= 15 is 0 Å². The molecule has 0 unspecified atom stereocenters. The molecule has 0 aliphatic heterocycles. The van der Waals surface area contributed by atoms with Gasteiger partial charge < -0.3 is 0 Å². The van der Waals surface area contributed by atoms with Gasteiger partial charge in [0.25, 0.3) is 0 Å². The fraction of sp³-hybridized carbons (Fsp3) is 0.429. The van der Waals surface area contributed by atoms with Gasteiger partial charge in [0.1, 0.15) is 0 Å². The van der Waals surface area contributed by atoms with E-state index in [1.54, 1.807) is 5.57 Å². The number of hydrogen-bond donors (Lipinski definition) is 0. The fourth-order valence-corrected chi connectivity index (χ4v) is 5.30. The minimum Gasteiger partial charge on any atom is -0.0760 e. The molecule has 0 aromatic heterocycles. The van der Waals surface area contributed by atoms with Gasteiger partial charge in [0.15, 0.2) is 0 Å². The predicted molar refractivity (Wildman–Crippen MR) is 122 cm³/mol. The molecule has 2 aromatic carbocycles. The first-order valence-corrected chi connectivity index (χ1v) is 11.2. The van der Waals surface area contributed by atoms with Gasteiger partial charge in [-0.1, -0.05) is 80.1 Å². The minimum atomic E-state index is 0.738. The second-order valence-corrected chi connectivity index (χ2v) is 9.30. The number of hydrogen-bond acceptors (Lipinski definition) is 0. The first kappa shape index (κ1) is 19.2. The molecule has 2 aliphatic rings. The Bertz CT molecular complexity index is 841. The van der Waals surface area contributed by atoms with E-state index in [1.807, 2.05) is 0 Å². The number of allylic oxidation sites excluding steroid dienone is 4. The van der Waals surface area contributed by atoms with E-state index in [1.165, 1.54) is 59.9 Å². The summed E-state index contributed by atoms with van der Waals surface area (Å²) in [6.07, 6.45) is 10.6. The second kappa shape index (κ2) is 8.52. The average Bonchev–Trinajstić information content (AvgIpc) is 3.14. The zero-order chi connectivity index (χ0) is 19.5. The molecule has 1 saturated carbocycles. The van der Waals surface area contributed by atoms with Crippen molar-refractivity contribution in [1.82, 2.24) is 0 Å². The van der Waals surface area contributed by atoms with Gasteiger partial charge in [-0.15, -0.1) is 0 Å². The molecule has 0 saturated heterocycles. The zero-order valence-electron chi connectivity index (χ0n) is 17.7. The average molecular weight is 371 g/mol. The van der Waals surface area contributed by atoms with E-state index in [2.05, 4.69) is 81.4 Å². The quantitative estimate of drug-likeness (QED) is 0.499. The van der Waals surface area contributed by atoms with E-state index in [9.17, 15) is 0 Å². The number of benzene rings is 2. The van der Waals surface area contributed by atoms with Crippen LogP contribution in [0.4, 0.5) is 0 Å². The van der Waals surface area contributed by atoms with Crippen LogP contribution in [0.1, 0.15) is 69.1 Å². The normalized spacial score (nSPS) is 22.6. The van der Waals surface area contributed by atoms with E-state index < -0.39 is 0 Å². The van der Waals surface area contributed by atoms with Crippen molar-refractivity contribution in [2.45, 2.75) is 59.3 Å². The highest BCUT2D eigenvalue weighted by Crippen LogP contribution is 2.47. The topological polar surface area (TPSA) is 0 Å². The highest BCUT2D eigenvalue weighted by molar-refractivity contribution is 6.01. The van der Waals surface area contributed by atoms with Crippen molar-refractivity contribution in [1.29, 1.82) is 0 Å². The third-order valence-electron chi connectivity index (χ3n) is 6.67. The molecule has 4 rings (SSSR count). The Morgan fingerprint density at radius 1 is 0.821 bits per heavy atom. The lowest BCUT2D eigenvalue weighted by Gasteiger charge is -2.31. The van der Waals surface area contributed by atoms with Gasteiger partial charge >= 0.3 is 0 Å². The van der Waals surface area contributed by atoms with Gasteiger partial charge in [-0.25, -0.2) is 0 Å². The fourth-order valence-electron chi connectivity index (χ4n) is 5.30. The first-order chi connectivity index (χ1) is 13.6. The largest absolute Gasteiger partial charge is 0.0760 e. The van der Waals surface area contributed by atoms with E-state index in [0.717, 1.165) is 24.2 Å². The summed E-state index contributed by atoms with van der Waals surface area (Å²) in [5.74, 6) is 2.51. The smallest absolute Gasteiger partial charge is 0.00791 e. The first-order valence-electron chi connectivity index (χ1n) is 11.2. The zero-order valence-corrected chi connectivity index (χ0v) is 17.7. The van der Waals surface area contributed by atoms with Crippen molar-refractivity contribution in [2.75, 3.05) is 0 Å². The maximum atomic E-state index is 2.55. The molecule has 0 heterocycles. The van der Waals surface area contributed by atoms with Gasteiger partial charge in [-0.05, 0) is 91.0 Å². The highest BCUT2D eigenvalue weighted by Gasteiger charge is 2.30. The van der Waals surface area contributed by atoms with Crippen LogP contribution in [0.3, 0.4) is 0 Å². The van der Waals surface area contributed by atoms with Crippen LogP contribution in [0.25, 0.3) is 11.1 Å². The molecule has 0 bridgehead atoms. The molecule has 0 amide bonds. The molecule has 0 nitrogen and oxygen atoms in total. The summed E-state index contributed by atoms with van der Waals surface area (Å²) in [4.78, 5) is 0. The van der Waals surface area contributed by atoms with Gasteiger partial charge in [-0.2, -0.15) is 0 Å². The van der Waals surface area contributed by atoms with Crippen LogP contribution in [-0.4, -0.2) is 0 Å². The van der Waals surface area contributed by atoms with Crippen molar-refractivity contribution in [3.8, 4) is 0 Å². The van der Waals surface area contributed by atoms with Crippen molar-refractivity contribution in [3.63, 3.8) is 0 Å². The van der Waals surface area contributed by atoms with Crippen LogP contribution >= 0.6 is 0 Å². The minimum absolute atomic E-state index is 0.738. The summed E-state index contributed by atoms with van der Waals surface area (Å²) in [5, 5.41) is 0. The summed E-state index contributed by atoms with van der Waals surface area (Å²) in [6.45, 7) is 6.91. The van der Waals surface area contributed by atoms with Gasteiger partial charge in [0.05, 0.1) is 0 Å². The Hall–Kier alpha value is -2.08. The summed E-state index contributed by atoms with van der Waals surface area (Å²) in [7, 11) is 0. The summed E-state index contributed by atoms with van der Waals surface area (Å²) in [5.41, 5.74) is 8.79. The lowest BCUT2D eigenvalue weighted by Crippen LogP contribution is -2.17. The lowest BCUT2D eigenvalue weighted by molar-refractivity contribution is 0.267.